The van der Waals surface area contributed by atoms with E-state index in [0.717, 1.165) is 24.2 Å². The lowest BCUT2D eigenvalue weighted by Gasteiger charge is -2.33. The van der Waals surface area contributed by atoms with Gasteiger partial charge < -0.3 is 14.1 Å². The molecule has 0 amide bonds. The van der Waals surface area contributed by atoms with Crippen LogP contribution in [0.1, 0.15) is 31.5 Å². The Kier molecular flexibility index (Phi) is 8.29. The van der Waals surface area contributed by atoms with Gasteiger partial charge in [0.2, 0.25) is 15.9 Å². The van der Waals surface area contributed by atoms with Gasteiger partial charge in [-0.15, -0.1) is 0 Å². The van der Waals surface area contributed by atoms with Crippen LogP contribution in [0.5, 0.6) is 5.88 Å². The fourth-order valence-electron chi connectivity index (χ4n) is 5.32. The summed E-state index contributed by atoms with van der Waals surface area (Å²) < 4.78 is 43.3. The van der Waals surface area contributed by atoms with Gasteiger partial charge in [-0.05, 0) is 37.2 Å². The number of rotatable bonds is 10. The molecule has 0 N–H and O–H groups in total. The van der Waals surface area contributed by atoms with Crippen LogP contribution in [-0.2, 0) is 30.1 Å². The highest BCUT2D eigenvalue weighted by molar-refractivity contribution is 7.89. The molecule has 0 aromatic carbocycles. The minimum Gasteiger partial charge on any atom is -0.472 e. The van der Waals surface area contributed by atoms with Crippen molar-refractivity contribution >= 4 is 21.1 Å². The first-order valence-electron chi connectivity index (χ1n) is 14.6. The van der Waals surface area contributed by atoms with Crippen molar-refractivity contribution in [3.63, 3.8) is 0 Å². The summed E-state index contributed by atoms with van der Waals surface area (Å²) in [7, 11) is -2.30. The summed E-state index contributed by atoms with van der Waals surface area (Å²) >= 11 is 0. The Morgan fingerprint density at radius 3 is 2.55 bits per heavy atom. The van der Waals surface area contributed by atoms with Crippen LogP contribution < -0.4 is 10.3 Å². The topological polar surface area (TPSA) is 141 Å². The monoisotopic (exact) mass is 618 g/mol. The molecule has 1 fully saturated rings. The second-order valence-corrected chi connectivity index (χ2v) is 12.5. The first kappa shape index (κ1) is 29.7. The predicted molar refractivity (Wildman–Crippen MR) is 163 cm³/mol. The summed E-state index contributed by atoms with van der Waals surface area (Å²) in [6.07, 6.45) is 7.42. The first-order chi connectivity index (χ1) is 21.3. The van der Waals surface area contributed by atoms with Gasteiger partial charge in [0.1, 0.15) is 22.8 Å². The Hall–Kier alpha value is -4.40. The van der Waals surface area contributed by atoms with E-state index in [1.165, 1.54) is 27.4 Å². The minimum atomic E-state index is -3.88. The van der Waals surface area contributed by atoms with E-state index in [1.807, 2.05) is 25.1 Å². The van der Waals surface area contributed by atoms with Gasteiger partial charge in [0, 0.05) is 45.0 Å². The molecule has 5 aromatic heterocycles. The van der Waals surface area contributed by atoms with Gasteiger partial charge in [0.05, 0.1) is 30.0 Å². The average molecular weight is 619 g/mol. The van der Waals surface area contributed by atoms with E-state index >= 15 is 0 Å². The van der Waals surface area contributed by atoms with Gasteiger partial charge in [-0.1, -0.05) is 26.3 Å². The highest BCUT2D eigenvalue weighted by Gasteiger charge is 2.30. The molecule has 0 radical (unpaired) electrons. The molecule has 0 spiro atoms. The van der Waals surface area contributed by atoms with E-state index in [4.69, 9.17) is 14.1 Å². The second kappa shape index (κ2) is 12.3. The van der Waals surface area contributed by atoms with Gasteiger partial charge in [0.25, 0.3) is 5.56 Å². The number of likely N-dealkylation sites (N-methyl/N-ethyl adjacent to an activating group) is 1. The van der Waals surface area contributed by atoms with Crippen molar-refractivity contribution in [2.45, 2.75) is 38.2 Å². The summed E-state index contributed by atoms with van der Waals surface area (Å²) in [6, 6.07) is 8.74. The van der Waals surface area contributed by atoms with E-state index in [9.17, 15) is 13.2 Å². The zero-order chi connectivity index (χ0) is 30.8. The molecule has 44 heavy (non-hydrogen) atoms. The van der Waals surface area contributed by atoms with E-state index in [-0.39, 0.29) is 39.8 Å². The van der Waals surface area contributed by atoms with Gasteiger partial charge in [-0.25, -0.2) is 28.1 Å². The Bertz CT molecular complexity index is 1930. The number of piperazine rings is 1. The molecule has 230 valence electrons. The van der Waals surface area contributed by atoms with Gasteiger partial charge in [-0.2, -0.15) is 9.40 Å². The van der Waals surface area contributed by atoms with Crippen molar-refractivity contribution in [1.29, 1.82) is 0 Å². The molecule has 13 nitrogen and oxygen atoms in total. The van der Waals surface area contributed by atoms with Crippen LogP contribution >= 0.6 is 0 Å². The normalized spacial score (nSPS) is 14.8. The Morgan fingerprint density at radius 2 is 1.86 bits per heavy atom. The Morgan fingerprint density at radius 1 is 1.05 bits per heavy atom. The van der Waals surface area contributed by atoms with Crippen LogP contribution in [0, 0.1) is 0 Å². The number of hydrogen-bond acceptors (Lipinski definition) is 10. The number of aryl methyl sites for hydroxylation is 1. The van der Waals surface area contributed by atoms with Crippen LogP contribution in [0.3, 0.4) is 0 Å². The molecule has 0 saturated carbocycles. The number of furan rings is 1. The minimum absolute atomic E-state index is 0.000387. The number of aromatic nitrogens is 6. The molecule has 5 aromatic rings. The summed E-state index contributed by atoms with van der Waals surface area (Å²) in [4.78, 5) is 29.8. The number of ether oxygens (including phenoxy) is 1. The van der Waals surface area contributed by atoms with Crippen molar-refractivity contribution < 1.29 is 17.6 Å². The molecular formula is C30H34N8O5S. The standard InChI is InChI=1S/C30H34N8O5S/c1-4-8-24-26-27(34-38(24)25-9-6-7-11-31-25)30(39)35(3)28(33-26)23-17-22(18-32-29(23)43-20-21-10-16-42-19-21)44(40,41)37-14-12-36(5-2)13-15-37/h6-7,9-11,16-19H,4-5,8,12-15,20H2,1-3H3. The van der Waals surface area contributed by atoms with Crippen LogP contribution in [-0.4, -0.2) is 79.6 Å². The van der Waals surface area contributed by atoms with Crippen molar-refractivity contribution in [3.05, 3.63) is 76.9 Å². The van der Waals surface area contributed by atoms with E-state index < -0.39 is 10.0 Å². The average Bonchev–Trinajstić information content (AvgIpc) is 3.71. The Labute approximate surface area is 254 Å². The molecule has 0 bridgehead atoms. The highest BCUT2D eigenvalue weighted by atomic mass is 32.2. The number of pyridine rings is 2. The highest BCUT2D eigenvalue weighted by Crippen LogP contribution is 2.32. The van der Waals surface area contributed by atoms with Crippen LogP contribution in [0.2, 0.25) is 0 Å². The third-order valence-electron chi connectivity index (χ3n) is 7.79. The summed E-state index contributed by atoms with van der Waals surface area (Å²) in [5.74, 6) is 0.916. The molecule has 6 heterocycles. The largest absolute Gasteiger partial charge is 0.472 e. The molecular weight excluding hydrogens is 584 g/mol. The van der Waals surface area contributed by atoms with Crippen molar-refractivity contribution in [3.8, 4) is 23.1 Å². The van der Waals surface area contributed by atoms with Crippen LogP contribution in [0.25, 0.3) is 28.2 Å². The summed E-state index contributed by atoms with van der Waals surface area (Å²) in [5, 5.41) is 4.61. The SMILES string of the molecule is CCCc1c2nc(-c3cc(S(=O)(=O)N4CCN(CC)CC4)cnc3OCc3ccoc3)n(C)c(=O)c2nn1-c1ccccn1. The molecule has 0 unspecified atom stereocenters. The smallest absolute Gasteiger partial charge is 0.281 e. The quantitative estimate of drug-likeness (QED) is 0.229. The summed E-state index contributed by atoms with van der Waals surface area (Å²) in [5.41, 5.74) is 1.99. The third kappa shape index (κ3) is 5.51. The van der Waals surface area contributed by atoms with Gasteiger partial charge >= 0.3 is 0 Å². The lowest BCUT2D eigenvalue weighted by molar-refractivity contribution is 0.196. The zero-order valence-electron chi connectivity index (χ0n) is 24.9. The molecule has 0 aliphatic carbocycles. The van der Waals surface area contributed by atoms with Crippen LogP contribution in [0.4, 0.5) is 0 Å². The maximum Gasteiger partial charge on any atom is 0.281 e. The van der Waals surface area contributed by atoms with Crippen molar-refractivity contribution in [2.75, 3.05) is 32.7 Å². The fraction of sp³-hybridized carbons (Fsp3) is 0.367. The lowest BCUT2D eigenvalue weighted by atomic mass is 10.2. The maximum atomic E-state index is 13.8. The van der Waals surface area contributed by atoms with E-state index in [0.29, 0.717) is 43.9 Å². The van der Waals surface area contributed by atoms with E-state index in [2.05, 4.69) is 26.9 Å². The first-order valence-corrected chi connectivity index (χ1v) is 16.0. The fourth-order valence-corrected chi connectivity index (χ4v) is 6.72. The third-order valence-corrected chi connectivity index (χ3v) is 9.65. The second-order valence-electron chi connectivity index (χ2n) is 10.6. The van der Waals surface area contributed by atoms with Crippen molar-refractivity contribution in [1.82, 2.24) is 38.5 Å². The molecule has 1 saturated heterocycles. The van der Waals surface area contributed by atoms with E-state index in [1.54, 1.807) is 30.3 Å². The molecule has 6 rings (SSSR count). The molecule has 1 aliphatic rings. The van der Waals surface area contributed by atoms with Crippen LogP contribution in [0.15, 0.2) is 69.4 Å². The zero-order valence-corrected chi connectivity index (χ0v) is 25.7. The lowest BCUT2D eigenvalue weighted by Crippen LogP contribution is -2.48. The van der Waals surface area contributed by atoms with Crippen molar-refractivity contribution in [2.24, 2.45) is 7.05 Å². The summed E-state index contributed by atoms with van der Waals surface area (Å²) in [6.45, 7) is 7.12. The number of sulfonamides is 1. The predicted octanol–water partition coefficient (Wildman–Crippen LogP) is 3.03. The Balaban J connectivity index is 1.51. The molecule has 14 heteroatoms. The van der Waals surface area contributed by atoms with Gasteiger partial charge in [-0.3, -0.25) is 9.36 Å². The molecule has 1 aliphatic heterocycles. The molecule has 0 atom stereocenters. The number of fused-ring (bicyclic) bond motifs is 1. The number of nitrogens with zero attached hydrogens (tertiary/aromatic N) is 8. The number of hydrogen-bond donors (Lipinski definition) is 0. The maximum absolute atomic E-state index is 13.8. The van der Waals surface area contributed by atoms with Gasteiger partial charge in [0.15, 0.2) is 11.3 Å².